The van der Waals surface area contributed by atoms with E-state index in [4.69, 9.17) is 16.7 Å². The molecule has 0 heterocycles. The van der Waals surface area contributed by atoms with E-state index in [1.54, 1.807) is 6.07 Å². The summed E-state index contributed by atoms with van der Waals surface area (Å²) in [6, 6.07) is 4.47. The van der Waals surface area contributed by atoms with Crippen LogP contribution in [0.3, 0.4) is 0 Å². The molecule has 1 aromatic carbocycles. The Hall–Kier alpha value is -1.55. The number of halogens is 1. The molecule has 0 spiro atoms. The number of ketones is 1. The Kier molecular flexibility index (Phi) is 7.83. The molecule has 1 rings (SSSR count). The highest BCUT2D eigenvalue weighted by Gasteiger charge is 2.11. The van der Waals surface area contributed by atoms with Gasteiger partial charge in [-0.15, -0.1) is 0 Å². The number of carboxylic acids is 1. The van der Waals surface area contributed by atoms with E-state index in [0.29, 0.717) is 17.9 Å². The Morgan fingerprint density at radius 1 is 0.952 bits per heavy atom. The highest BCUT2D eigenvalue weighted by atomic mass is 35.5. The van der Waals surface area contributed by atoms with Crippen LogP contribution in [-0.2, 0) is 4.79 Å². The number of unbranched alkanes of at least 4 members (excludes halogenated alkanes) is 5. The first-order valence-corrected chi connectivity index (χ1v) is 7.62. The molecule has 0 fully saturated rings. The molecule has 0 saturated heterocycles. The van der Waals surface area contributed by atoms with Crippen molar-refractivity contribution < 1.29 is 19.8 Å². The van der Waals surface area contributed by atoms with E-state index in [1.165, 1.54) is 12.1 Å². The maximum atomic E-state index is 11.9. The number of Topliss-reactive ketones (excluding diaryl/α,β-unsaturated/α-hetero) is 1. The first-order valence-electron chi connectivity index (χ1n) is 7.24. The number of carbonyl (C=O) groups excluding carboxylic acids is 1. The largest absolute Gasteiger partial charge is 0.507 e. The molecule has 4 nitrogen and oxygen atoms in total. The lowest BCUT2D eigenvalue weighted by molar-refractivity contribution is -0.137. The van der Waals surface area contributed by atoms with E-state index in [9.17, 15) is 14.7 Å². The predicted molar refractivity (Wildman–Crippen MR) is 82.0 cm³/mol. The molecular weight excluding hydrogens is 292 g/mol. The molecule has 0 aliphatic rings. The highest BCUT2D eigenvalue weighted by Crippen LogP contribution is 2.23. The van der Waals surface area contributed by atoms with Gasteiger partial charge in [-0.2, -0.15) is 0 Å². The van der Waals surface area contributed by atoms with Gasteiger partial charge in [0.25, 0.3) is 0 Å². The van der Waals surface area contributed by atoms with Gasteiger partial charge in [-0.05, 0) is 31.0 Å². The van der Waals surface area contributed by atoms with Gasteiger partial charge in [0.2, 0.25) is 0 Å². The van der Waals surface area contributed by atoms with Crippen LogP contribution in [0.2, 0.25) is 5.02 Å². The van der Waals surface area contributed by atoms with Crippen LogP contribution in [0.1, 0.15) is 61.7 Å². The number of phenolic OH excluding ortho intramolecular Hbond substituents is 1. The van der Waals surface area contributed by atoms with Crippen molar-refractivity contribution in [3.8, 4) is 5.75 Å². The van der Waals surface area contributed by atoms with Crippen molar-refractivity contribution in [2.24, 2.45) is 0 Å². The summed E-state index contributed by atoms with van der Waals surface area (Å²) in [5, 5.41) is 18.6. The van der Waals surface area contributed by atoms with Crippen LogP contribution in [0.25, 0.3) is 0 Å². The quantitative estimate of drug-likeness (QED) is 0.495. The summed E-state index contributed by atoms with van der Waals surface area (Å²) in [4.78, 5) is 22.3. The zero-order chi connectivity index (χ0) is 15.7. The molecule has 0 amide bonds. The Labute approximate surface area is 129 Å². The minimum Gasteiger partial charge on any atom is -0.507 e. The number of carboxylic acid groups (broad SMARTS) is 1. The Morgan fingerprint density at radius 3 is 2.14 bits per heavy atom. The lowest BCUT2D eigenvalue weighted by Crippen LogP contribution is -1.99. The van der Waals surface area contributed by atoms with Gasteiger partial charge in [-0.1, -0.05) is 37.3 Å². The number of benzene rings is 1. The van der Waals surface area contributed by atoms with Crippen LogP contribution in [-0.4, -0.2) is 22.0 Å². The summed E-state index contributed by atoms with van der Waals surface area (Å²) < 4.78 is 0. The van der Waals surface area contributed by atoms with Gasteiger partial charge in [0, 0.05) is 17.9 Å². The topological polar surface area (TPSA) is 74.6 Å². The predicted octanol–water partition coefficient (Wildman–Crippen LogP) is 4.43. The highest BCUT2D eigenvalue weighted by molar-refractivity contribution is 6.31. The van der Waals surface area contributed by atoms with Gasteiger partial charge < -0.3 is 10.2 Å². The summed E-state index contributed by atoms with van der Waals surface area (Å²) in [6.45, 7) is 0. The summed E-state index contributed by atoms with van der Waals surface area (Å²) in [7, 11) is 0. The fourth-order valence-electron chi connectivity index (χ4n) is 2.14. The molecule has 1 aromatic rings. The van der Waals surface area contributed by atoms with Crippen LogP contribution in [0, 0.1) is 0 Å². The Morgan fingerprint density at radius 2 is 1.52 bits per heavy atom. The van der Waals surface area contributed by atoms with Crippen LogP contribution in [0.5, 0.6) is 5.75 Å². The van der Waals surface area contributed by atoms with Crippen molar-refractivity contribution in [3.63, 3.8) is 0 Å². The number of hydrogen-bond donors (Lipinski definition) is 2. The number of phenols is 1. The summed E-state index contributed by atoms with van der Waals surface area (Å²) in [5.41, 5.74) is 0.281. The van der Waals surface area contributed by atoms with E-state index in [0.717, 1.165) is 32.1 Å². The van der Waals surface area contributed by atoms with Crippen molar-refractivity contribution >= 4 is 23.4 Å². The molecule has 116 valence electrons. The number of carbonyl (C=O) groups is 2. The fraction of sp³-hybridized carbons (Fsp3) is 0.500. The minimum atomic E-state index is -0.748. The average Bonchev–Trinajstić information content (AvgIpc) is 2.43. The molecule has 0 atom stereocenters. The van der Waals surface area contributed by atoms with E-state index < -0.39 is 5.97 Å². The van der Waals surface area contributed by atoms with Crippen molar-refractivity contribution in [2.75, 3.05) is 0 Å². The molecule has 0 unspecified atom stereocenters. The SMILES string of the molecule is O=C(O)CCCCCCCCC(=O)c1cc(Cl)ccc1O. The normalized spacial score (nSPS) is 10.5. The van der Waals surface area contributed by atoms with Gasteiger partial charge in [0.1, 0.15) is 5.75 Å². The van der Waals surface area contributed by atoms with Gasteiger partial charge in [-0.3, -0.25) is 9.59 Å². The first-order chi connectivity index (χ1) is 10.0. The maximum absolute atomic E-state index is 11.9. The van der Waals surface area contributed by atoms with E-state index in [-0.39, 0.29) is 23.5 Å². The minimum absolute atomic E-state index is 0.0296. The number of rotatable bonds is 10. The fourth-order valence-corrected chi connectivity index (χ4v) is 2.31. The third-order valence-electron chi connectivity index (χ3n) is 3.30. The van der Waals surface area contributed by atoms with Crippen LogP contribution in [0.15, 0.2) is 18.2 Å². The lowest BCUT2D eigenvalue weighted by Gasteiger charge is -2.04. The second-order valence-corrected chi connectivity index (χ2v) is 5.54. The van der Waals surface area contributed by atoms with Gasteiger partial charge in [-0.25, -0.2) is 0 Å². The van der Waals surface area contributed by atoms with Crippen molar-refractivity contribution in [2.45, 2.75) is 51.4 Å². The second kappa shape index (κ2) is 9.40. The molecule has 0 aliphatic heterocycles. The lowest BCUT2D eigenvalue weighted by atomic mass is 10.0. The van der Waals surface area contributed by atoms with Crippen LogP contribution < -0.4 is 0 Å². The summed E-state index contributed by atoms with van der Waals surface area (Å²) >= 11 is 5.81. The van der Waals surface area contributed by atoms with E-state index in [2.05, 4.69) is 0 Å². The molecule has 0 aliphatic carbocycles. The number of aromatic hydroxyl groups is 1. The third-order valence-corrected chi connectivity index (χ3v) is 3.54. The molecule has 0 aromatic heterocycles. The first kappa shape index (κ1) is 17.5. The summed E-state index contributed by atoms with van der Waals surface area (Å²) in [6.07, 6.45) is 5.93. The standard InChI is InChI=1S/C16H21ClO4/c17-12-9-10-15(19)13(11-12)14(18)7-5-3-1-2-4-6-8-16(20)21/h9-11,19H,1-8H2,(H,20,21). The molecule has 21 heavy (non-hydrogen) atoms. The third kappa shape index (κ3) is 7.14. The molecular formula is C16H21ClO4. The Balaban J connectivity index is 2.16. The number of hydrogen-bond acceptors (Lipinski definition) is 3. The number of aliphatic carboxylic acids is 1. The van der Waals surface area contributed by atoms with Crippen molar-refractivity contribution in [1.29, 1.82) is 0 Å². The zero-order valence-electron chi connectivity index (χ0n) is 12.0. The molecule has 0 radical (unpaired) electrons. The van der Waals surface area contributed by atoms with Gasteiger partial charge in [0.05, 0.1) is 5.56 Å². The Bertz CT molecular complexity index is 485. The average molecular weight is 313 g/mol. The van der Waals surface area contributed by atoms with E-state index in [1.807, 2.05) is 0 Å². The molecule has 2 N–H and O–H groups in total. The maximum Gasteiger partial charge on any atom is 0.303 e. The monoisotopic (exact) mass is 312 g/mol. The second-order valence-electron chi connectivity index (χ2n) is 5.10. The zero-order valence-corrected chi connectivity index (χ0v) is 12.7. The summed E-state index contributed by atoms with van der Waals surface area (Å²) in [5.74, 6) is -0.874. The van der Waals surface area contributed by atoms with Gasteiger partial charge >= 0.3 is 5.97 Å². The van der Waals surface area contributed by atoms with Crippen LogP contribution >= 0.6 is 11.6 Å². The molecule has 0 bridgehead atoms. The van der Waals surface area contributed by atoms with Gasteiger partial charge in [0.15, 0.2) is 5.78 Å². The van der Waals surface area contributed by atoms with Crippen molar-refractivity contribution in [1.82, 2.24) is 0 Å². The molecule has 5 heteroatoms. The van der Waals surface area contributed by atoms with E-state index >= 15 is 0 Å². The van der Waals surface area contributed by atoms with Crippen LogP contribution in [0.4, 0.5) is 0 Å². The smallest absolute Gasteiger partial charge is 0.303 e. The molecule has 0 saturated carbocycles. The van der Waals surface area contributed by atoms with Crippen molar-refractivity contribution in [3.05, 3.63) is 28.8 Å².